The number of carbonyl (C=O) groups excluding carboxylic acids is 1. The minimum atomic E-state index is -0.326. The van der Waals surface area contributed by atoms with Crippen molar-refractivity contribution < 1.29 is 9.53 Å². The molecule has 0 aliphatic rings. The molecule has 2 amide bonds. The Kier molecular flexibility index (Phi) is 4.93. The number of carbonyl (C=O) groups is 1. The Bertz CT molecular complexity index is 663. The summed E-state index contributed by atoms with van der Waals surface area (Å²) >= 11 is 0. The van der Waals surface area contributed by atoms with Crippen LogP contribution < -0.4 is 15.4 Å². The Balaban J connectivity index is 2.13. The number of rotatable bonds is 4. The molecule has 0 saturated carbocycles. The van der Waals surface area contributed by atoms with Crippen molar-refractivity contribution in [2.24, 2.45) is 0 Å². The molecule has 0 spiro atoms. The summed E-state index contributed by atoms with van der Waals surface area (Å²) < 4.78 is 5.29. The third kappa shape index (κ3) is 3.72. The zero-order chi connectivity index (χ0) is 16.1. The quantitative estimate of drug-likeness (QED) is 0.906. The fraction of sp³-hybridized carbons (Fsp3) is 0.312. The van der Waals surface area contributed by atoms with Crippen LogP contribution in [0.25, 0.3) is 0 Å². The number of urea groups is 1. The van der Waals surface area contributed by atoms with Crippen LogP contribution in [-0.4, -0.2) is 22.6 Å². The van der Waals surface area contributed by atoms with Gasteiger partial charge in [-0.3, -0.25) is 0 Å². The molecule has 1 heterocycles. The van der Waals surface area contributed by atoms with Gasteiger partial charge in [0.25, 0.3) is 0 Å². The fourth-order valence-electron chi connectivity index (χ4n) is 2.04. The minimum absolute atomic E-state index is 0.322. The van der Waals surface area contributed by atoms with E-state index in [9.17, 15) is 4.79 Å². The van der Waals surface area contributed by atoms with Gasteiger partial charge in [0.2, 0.25) is 0 Å². The molecule has 0 radical (unpaired) electrons. The summed E-state index contributed by atoms with van der Waals surface area (Å²) in [6, 6.07) is 7.58. The number of para-hydroxylation sites is 1. The molecule has 0 unspecified atom stereocenters. The second-order valence-electron chi connectivity index (χ2n) is 4.88. The monoisotopic (exact) mass is 300 g/mol. The molecule has 116 valence electrons. The number of nitrogens with one attached hydrogen (secondary N) is 2. The van der Waals surface area contributed by atoms with Crippen LogP contribution in [0.3, 0.4) is 0 Å². The second-order valence-corrected chi connectivity index (χ2v) is 4.88. The van der Waals surface area contributed by atoms with Crippen molar-refractivity contribution >= 4 is 17.4 Å². The first-order valence-electron chi connectivity index (χ1n) is 7.13. The summed E-state index contributed by atoms with van der Waals surface area (Å²) in [5.74, 6) is 0. The van der Waals surface area contributed by atoms with Gasteiger partial charge in [-0.05, 0) is 39.3 Å². The molecule has 0 fully saturated rings. The van der Waals surface area contributed by atoms with Crippen molar-refractivity contribution in [1.82, 2.24) is 9.97 Å². The van der Waals surface area contributed by atoms with E-state index in [1.165, 1.54) is 0 Å². The van der Waals surface area contributed by atoms with E-state index < -0.39 is 0 Å². The van der Waals surface area contributed by atoms with Gasteiger partial charge in [-0.15, -0.1) is 0 Å². The number of ether oxygens (including phenoxy) is 1. The predicted molar refractivity (Wildman–Crippen MR) is 86.5 cm³/mol. The highest BCUT2D eigenvalue weighted by molar-refractivity contribution is 6.00. The van der Waals surface area contributed by atoms with E-state index >= 15 is 0 Å². The van der Waals surface area contributed by atoms with E-state index in [1.807, 2.05) is 38.1 Å². The molecule has 2 rings (SSSR count). The van der Waals surface area contributed by atoms with Gasteiger partial charge in [-0.1, -0.05) is 18.2 Å². The molecule has 1 aromatic heterocycles. The molecular weight excluding hydrogens is 280 g/mol. The molecule has 0 atom stereocenters. The van der Waals surface area contributed by atoms with E-state index in [-0.39, 0.29) is 6.03 Å². The number of aryl methyl sites for hydroxylation is 3. The molecule has 6 nitrogen and oxygen atoms in total. The van der Waals surface area contributed by atoms with Crippen LogP contribution in [0.2, 0.25) is 0 Å². The number of amides is 2. The van der Waals surface area contributed by atoms with Crippen molar-refractivity contribution in [1.29, 1.82) is 0 Å². The van der Waals surface area contributed by atoms with Gasteiger partial charge < -0.3 is 15.4 Å². The summed E-state index contributed by atoms with van der Waals surface area (Å²) in [6.07, 6.45) is 0. The molecule has 0 aliphatic heterocycles. The van der Waals surface area contributed by atoms with Gasteiger partial charge in [0.1, 0.15) is 0 Å². The van der Waals surface area contributed by atoms with Gasteiger partial charge in [0, 0.05) is 5.69 Å². The Morgan fingerprint density at radius 3 is 2.32 bits per heavy atom. The summed E-state index contributed by atoms with van der Waals surface area (Å²) in [4.78, 5) is 20.6. The van der Waals surface area contributed by atoms with Crippen molar-refractivity contribution in [3.05, 3.63) is 41.2 Å². The Morgan fingerprint density at radius 1 is 1.09 bits per heavy atom. The Labute approximate surface area is 129 Å². The SMILES string of the molecule is CCOc1nc(C)c(NC(=O)Nc2ccccc2C)c(C)n1. The normalized spacial score (nSPS) is 10.2. The van der Waals surface area contributed by atoms with Crippen LogP contribution >= 0.6 is 0 Å². The lowest BCUT2D eigenvalue weighted by Crippen LogP contribution is -2.22. The van der Waals surface area contributed by atoms with E-state index in [1.54, 1.807) is 13.8 Å². The predicted octanol–water partition coefficient (Wildman–Crippen LogP) is 3.44. The topological polar surface area (TPSA) is 76.1 Å². The van der Waals surface area contributed by atoms with Crippen LogP contribution in [0.1, 0.15) is 23.9 Å². The maximum Gasteiger partial charge on any atom is 0.323 e. The van der Waals surface area contributed by atoms with Gasteiger partial charge >= 0.3 is 12.0 Å². The first-order chi connectivity index (χ1) is 10.5. The van der Waals surface area contributed by atoms with Gasteiger partial charge in [-0.2, -0.15) is 9.97 Å². The van der Waals surface area contributed by atoms with Crippen molar-refractivity contribution in [2.75, 3.05) is 17.2 Å². The smallest absolute Gasteiger partial charge is 0.323 e. The number of nitrogens with zero attached hydrogens (tertiary/aromatic N) is 2. The lowest BCUT2D eigenvalue weighted by atomic mass is 10.2. The fourth-order valence-corrected chi connectivity index (χ4v) is 2.04. The molecule has 6 heteroatoms. The second kappa shape index (κ2) is 6.89. The van der Waals surface area contributed by atoms with Crippen LogP contribution in [-0.2, 0) is 0 Å². The average Bonchev–Trinajstić information content (AvgIpc) is 2.46. The molecule has 0 aliphatic carbocycles. The summed E-state index contributed by atoms with van der Waals surface area (Å²) in [5, 5.41) is 5.61. The third-order valence-corrected chi connectivity index (χ3v) is 3.16. The van der Waals surface area contributed by atoms with E-state index in [0.29, 0.717) is 29.7 Å². The standard InChI is InChI=1S/C16H20N4O2/c1-5-22-16-17-11(3)14(12(4)18-16)20-15(21)19-13-9-7-6-8-10(13)2/h6-9H,5H2,1-4H3,(H2,19,20,21). The number of hydrogen-bond donors (Lipinski definition) is 2. The number of anilines is 2. The van der Waals surface area contributed by atoms with E-state index in [0.717, 1.165) is 11.3 Å². The third-order valence-electron chi connectivity index (χ3n) is 3.16. The number of hydrogen-bond acceptors (Lipinski definition) is 4. The van der Waals surface area contributed by atoms with Crippen LogP contribution in [0, 0.1) is 20.8 Å². The molecule has 2 aromatic rings. The minimum Gasteiger partial charge on any atom is -0.464 e. The first-order valence-corrected chi connectivity index (χ1v) is 7.13. The molecule has 0 saturated heterocycles. The average molecular weight is 300 g/mol. The molecule has 1 aromatic carbocycles. The van der Waals surface area contributed by atoms with Gasteiger partial charge in [0.15, 0.2) is 0 Å². The Morgan fingerprint density at radius 2 is 1.73 bits per heavy atom. The summed E-state index contributed by atoms with van der Waals surface area (Å²) in [6.45, 7) is 7.92. The van der Waals surface area contributed by atoms with Crippen LogP contribution in [0.5, 0.6) is 6.01 Å². The van der Waals surface area contributed by atoms with E-state index in [2.05, 4.69) is 20.6 Å². The number of aromatic nitrogens is 2. The molecule has 0 bridgehead atoms. The zero-order valence-electron chi connectivity index (χ0n) is 13.2. The highest BCUT2D eigenvalue weighted by atomic mass is 16.5. The number of benzene rings is 1. The van der Waals surface area contributed by atoms with Crippen molar-refractivity contribution in [3.63, 3.8) is 0 Å². The summed E-state index contributed by atoms with van der Waals surface area (Å²) in [5.41, 5.74) is 3.68. The molecule has 22 heavy (non-hydrogen) atoms. The molecule has 2 N–H and O–H groups in total. The summed E-state index contributed by atoms with van der Waals surface area (Å²) in [7, 11) is 0. The van der Waals surface area contributed by atoms with Gasteiger partial charge in [0.05, 0.1) is 23.7 Å². The lowest BCUT2D eigenvalue weighted by Gasteiger charge is -2.13. The highest BCUT2D eigenvalue weighted by Crippen LogP contribution is 2.20. The first kappa shape index (κ1) is 15.8. The maximum atomic E-state index is 12.1. The van der Waals surface area contributed by atoms with Crippen LogP contribution in [0.15, 0.2) is 24.3 Å². The largest absolute Gasteiger partial charge is 0.464 e. The van der Waals surface area contributed by atoms with Crippen LogP contribution in [0.4, 0.5) is 16.2 Å². The van der Waals surface area contributed by atoms with Gasteiger partial charge in [-0.25, -0.2) is 4.79 Å². The molecular formula is C16H20N4O2. The maximum absolute atomic E-state index is 12.1. The Hall–Kier alpha value is -2.63. The van der Waals surface area contributed by atoms with Crippen molar-refractivity contribution in [2.45, 2.75) is 27.7 Å². The zero-order valence-corrected chi connectivity index (χ0v) is 13.2. The van der Waals surface area contributed by atoms with E-state index in [4.69, 9.17) is 4.74 Å². The lowest BCUT2D eigenvalue weighted by molar-refractivity contribution is 0.262. The highest BCUT2D eigenvalue weighted by Gasteiger charge is 2.12. The van der Waals surface area contributed by atoms with Crippen molar-refractivity contribution in [3.8, 4) is 6.01 Å².